The molecular weight excluding hydrogens is 246 g/mol. The van der Waals surface area contributed by atoms with Crippen molar-refractivity contribution in [2.45, 2.75) is 13.3 Å². The smallest absolute Gasteiger partial charge is 0.203 e. The third kappa shape index (κ3) is 3.38. The Hall–Kier alpha value is -2.22. The maximum absolute atomic E-state index is 11.3. The molecule has 0 aliphatic heterocycles. The van der Waals surface area contributed by atoms with E-state index in [1.165, 1.54) is 28.3 Å². The molecule has 1 atom stereocenters. The summed E-state index contributed by atoms with van der Waals surface area (Å²) in [5, 5.41) is 8.95. The number of Topliss-reactive ketones (excluding diaryl/α,β-unsaturated/α-hetero) is 1. The van der Waals surface area contributed by atoms with Gasteiger partial charge >= 0.3 is 0 Å². The number of benzene rings is 1. The van der Waals surface area contributed by atoms with Gasteiger partial charge in [0, 0.05) is 0 Å². The van der Waals surface area contributed by atoms with Crippen molar-refractivity contribution in [2.75, 3.05) is 21.3 Å². The van der Waals surface area contributed by atoms with Crippen molar-refractivity contribution in [1.29, 1.82) is 5.26 Å². The van der Waals surface area contributed by atoms with Gasteiger partial charge in [-0.2, -0.15) is 5.26 Å². The monoisotopic (exact) mass is 263 g/mol. The highest BCUT2D eigenvalue weighted by atomic mass is 16.5. The summed E-state index contributed by atoms with van der Waals surface area (Å²) in [5.74, 6) is 0.693. The van der Waals surface area contributed by atoms with Crippen LogP contribution in [0, 0.1) is 17.2 Å². The van der Waals surface area contributed by atoms with Gasteiger partial charge in [-0.05, 0) is 31.0 Å². The van der Waals surface area contributed by atoms with Crippen LogP contribution in [0.3, 0.4) is 0 Å². The number of rotatable bonds is 6. The summed E-state index contributed by atoms with van der Waals surface area (Å²) >= 11 is 0. The van der Waals surface area contributed by atoms with Gasteiger partial charge in [-0.3, -0.25) is 4.79 Å². The van der Waals surface area contributed by atoms with Crippen LogP contribution in [-0.4, -0.2) is 27.1 Å². The van der Waals surface area contributed by atoms with Crippen molar-refractivity contribution < 1.29 is 19.0 Å². The lowest BCUT2D eigenvalue weighted by molar-refractivity contribution is -0.119. The largest absolute Gasteiger partial charge is 0.493 e. The van der Waals surface area contributed by atoms with E-state index >= 15 is 0 Å². The average molecular weight is 263 g/mol. The molecule has 0 unspecified atom stereocenters. The third-order valence-corrected chi connectivity index (χ3v) is 2.81. The van der Waals surface area contributed by atoms with Crippen molar-refractivity contribution in [2.24, 2.45) is 5.92 Å². The predicted molar refractivity (Wildman–Crippen MR) is 69.6 cm³/mol. The number of nitriles is 1. The van der Waals surface area contributed by atoms with Crippen LogP contribution in [0.5, 0.6) is 17.2 Å². The summed E-state index contributed by atoms with van der Waals surface area (Å²) < 4.78 is 15.7. The van der Waals surface area contributed by atoms with Crippen LogP contribution in [0.2, 0.25) is 0 Å². The van der Waals surface area contributed by atoms with Crippen LogP contribution in [-0.2, 0) is 11.2 Å². The summed E-state index contributed by atoms with van der Waals surface area (Å²) in [6.45, 7) is 1.41. The fraction of sp³-hybridized carbons (Fsp3) is 0.429. The van der Waals surface area contributed by atoms with Crippen molar-refractivity contribution in [1.82, 2.24) is 0 Å². The van der Waals surface area contributed by atoms with E-state index in [9.17, 15) is 4.79 Å². The fourth-order valence-corrected chi connectivity index (χ4v) is 1.77. The number of nitrogens with zero attached hydrogens (tertiary/aromatic N) is 1. The Morgan fingerprint density at radius 2 is 1.74 bits per heavy atom. The molecule has 0 amide bonds. The first kappa shape index (κ1) is 14.8. The lowest BCUT2D eigenvalue weighted by Crippen LogP contribution is -2.11. The lowest BCUT2D eigenvalue weighted by atomic mass is 9.97. The molecule has 0 saturated carbocycles. The van der Waals surface area contributed by atoms with E-state index in [0.29, 0.717) is 23.7 Å². The molecule has 5 heteroatoms. The zero-order chi connectivity index (χ0) is 14.4. The van der Waals surface area contributed by atoms with Gasteiger partial charge in [0.15, 0.2) is 11.5 Å². The van der Waals surface area contributed by atoms with Gasteiger partial charge < -0.3 is 14.2 Å². The number of hydrogen-bond donors (Lipinski definition) is 0. The van der Waals surface area contributed by atoms with Crippen LogP contribution in [0.1, 0.15) is 12.5 Å². The predicted octanol–water partition coefficient (Wildman–Crippen LogP) is 1.98. The molecule has 5 nitrogen and oxygen atoms in total. The van der Waals surface area contributed by atoms with Gasteiger partial charge in [-0.15, -0.1) is 0 Å². The highest BCUT2D eigenvalue weighted by Gasteiger charge is 2.18. The molecule has 1 aromatic carbocycles. The van der Waals surface area contributed by atoms with E-state index in [4.69, 9.17) is 19.5 Å². The van der Waals surface area contributed by atoms with Gasteiger partial charge in [0.1, 0.15) is 11.7 Å². The highest BCUT2D eigenvalue weighted by Crippen LogP contribution is 2.38. The number of ketones is 1. The van der Waals surface area contributed by atoms with Gasteiger partial charge in [0.05, 0.1) is 27.4 Å². The van der Waals surface area contributed by atoms with E-state index in [-0.39, 0.29) is 5.78 Å². The average Bonchev–Trinajstić information content (AvgIpc) is 2.42. The molecule has 1 aromatic rings. The molecule has 0 fully saturated rings. The van der Waals surface area contributed by atoms with Crippen LogP contribution in [0.4, 0.5) is 0 Å². The molecule has 0 N–H and O–H groups in total. The fourth-order valence-electron chi connectivity index (χ4n) is 1.77. The molecule has 0 heterocycles. The second-order valence-corrected chi connectivity index (χ2v) is 4.03. The summed E-state index contributed by atoms with van der Waals surface area (Å²) in [5.41, 5.74) is 0.788. The van der Waals surface area contributed by atoms with E-state index in [2.05, 4.69) is 0 Å². The SMILES string of the molecule is COc1cc(C[C@H](C#N)C(C)=O)cc(OC)c1OC. The Morgan fingerprint density at radius 1 is 1.21 bits per heavy atom. The minimum atomic E-state index is -0.664. The second kappa shape index (κ2) is 6.64. The third-order valence-electron chi connectivity index (χ3n) is 2.81. The Balaban J connectivity index is 3.16. The van der Waals surface area contributed by atoms with Crippen LogP contribution < -0.4 is 14.2 Å². The second-order valence-electron chi connectivity index (χ2n) is 4.03. The standard InChI is InChI=1S/C14H17NO4/c1-9(16)11(8-15)5-10-6-12(17-2)14(19-4)13(7-10)18-3/h6-7,11H,5H2,1-4H3/t11-/m1/s1. The van der Waals surface area contributed by atoms with E-state index < -0.39 is 5.92 Å². The number of carbonyl (C=O) groups is 1. The van der Waals surface area contributed by atoms with Gasteiger partial charge in [-0.25, -0.2) is 0 Å². The van der Waals surface area contributed by atoms with Gasteiger partial charge in [0.2, 0.25) is 5.75 Å². The number of ether oxygens (including phenoxy) is 3. The van der Waals surface area contributed by atoms with E-state index in [0.717, 1.165) is 5.56 Å². The zero-order valence-corrected chi connectivity index (χ0v) is 11.5. The van der Waals surface area contributed by atoms with Gasteiger partial charge in [-0.1, -0.05) is 0 Å². The lowest BCUT2D eigenvalue weighted by Gasteiger charge is -2.14. The van der Waals surface area contributed by atoms with Crippen LogP contribution in [0.25, 0.3) is 0 Å². The summed E-state index contributed by atoms with van der Waals surface area (Å²) in [7, 11) is 4.56. The summed E-state index contributed by atoms with van der Waals surface area (Å²) in [6.07, 6.45) is 0.322. The van der Waals surface area contributed by atoms with E-state index in [1.54, 1.807) is 12.1 Å². The Kier molecular flexibility index (Phi) is 5.19. The topological polar surface area (TPSA) is 68.5 Å². The molecule has 102 valence electrons. The zero-order valence-electron chi connectivity index (χ0n) is 11.5. The van der Waals surface area contributed by atoms with Crippen molar-refractivity contribution in [3.05, 3.63) is 17.7 Å². The number of hydrogen-bond acceptors (Lipinski definition) is 5. The quantitative estimate of drug-likeness (QED) is 0.785. The first-order chi connectivity index (χ1) is 9.07. The summed E-state index contributed by atoms with van der Waals surface area (Å²) in [6, 6.07) is 5.48. The van der Waals surface area contributed by atoms with Crippen molar-refractivity contribution in [3.8, 4) is 23.3 Å². The molecule has 0 aliphatic rings. The molecule has 0 aliphatic carbocycles. The number of carbonyl (C=O) groups excluding carboxylic acids is 1. The minimum absolute atomic E-state index is 0.156. The van der Waals surface area contributed by atoms with Gasteiger partial charge in [0.25, 0.3) is 0 Å². The van der Waals surface area contributed by atoms with Crippen LogP contribution >= 0.6 is 0 Å². The maximum Gasteiger partial charge on any atom is 0.203 e. The van der Waals surface area contributed by atoms with Crippen molar-refractivity contribution in [3.63, 3.8) is 0 Å². The summed E-state index contributed by atoms with van der Waals surface area (Å²) in [4.78, 5) is 11.3. The Labute approximate surface area is 112 Å². The first-order valence-electron chi connectivity index (χ1n) is 5.76. The number of methoxy groups -OCH3 is 3. The first-order valence-corrected chi connectivity index (χ1v) is 5.76. The Bertz CT molecular complexity index is 480. The molecule has 0 radical (unpaired) electrons. The van der Waals surface area contributed by atoms with Crippen LogP contribution in [0.15, 0.2) is 12.1 Å². The molecule has 0 bridgehead atoms. The van der Waals surface area contributed by atoms with E-state index in [1.807, 2.05) is 6.07 Å². The Morgan fingerprint density at radius 3 is 2.05 bits per heavy atom. The molecule has 1 rings (SSSR count). The molecule has 19 heavy (non-hydrogen) atoms. The minimum Gasteiger partial charge on any atom is -0.493 e. The molecule has 0 saturated heterocycles. The maximum atomic E-state index is 11.3. The normalized spacial score (nSPS) is 11.3. The van der Waals surface area contributed by atoms with Crippen molar-refractivity contribution >= 4 is 5.78 Å². The molecule has 0 spiro atoms. The molecule has 0 aromatic heterocycles. The molecular formula is C14H17NO4. The highest BCUT2D eigenvalue weighted by molar-refractivity contribution is 5.81.